The molecular formula is C21H24N2O2. The Morgan fingerprint density at radius 2 is 1.72 bits per heavy atom. The number of nitrogens with zero attached hydrogens (tertiary/aromatic N) is 1. The number of hydrogen-bond donors (Lipinski definition) is 1. The Morgan fingerprint density at radius 1 is 1.08 bits per heavy atom. The number of aryl methyl sites for hydroxylation is 3. The largest absolute Gasteiger partial charge is 0.324 e. The van der Waals surface area contributed by atoms with Gasteiger partial charge in [-0.25, -0.2) is 0 Å². The first-order chi connectivity index (χ1) is 11.7. The summed E-state index contributed by atoms with van der Waals surface area (Å²) >= 11 is 0. The Labute approximate surface area is 148 Å². The Balaban J connectivity index is 1.86. The molecule has 4 heteroatoms. The van der Waals surface area contributed by atoms with Crippen LogP contribution in [-0.2, 0) is 15.0 Å². The van der Waals surface area contributed by atoms with Crippen LogP contribution < -0.4 is 10.2 Å². The van der Waals surface area contributed by atoms with Crippen LogP contribution in [0.5, 0.6) is 0 Å². The van der Waals surface area contributed by atoms with Crippen LogP contribution in [-0.4, -0.2) is 18.4 Å². The van der Waals surface area contributed by atoms with Crippen LogP contribution >= 0.6 is 0 Å². The normalized spacial score (nSPS) is 15.2. The number of anilines is 2. The van der Waals surface area contributed by atoms with Gasteiger partial charge in [0, 0.05) is 11.4 Å². The van der Waals surface area contributed by atoms with Gasteiger partial charge in [0.1, 0.15) is 6.54 Å². The number of para-hydroxylation sites is 1. The summed E-state index contributed by atoms with van der Waals surface area (Å²) in [5, 5.41) is 2.96. The molecule has 1 aliphatic heterocycles. The van der Waals surface area contributed by atoms with E-state index in [4.69, 9.17) is 0 Å². The van der Waals surface area contributed by atoms with Crippen molar-refractivity contribution < 1.29 is 9.59 Å². The third kappa shape index (κ3) is 2.93. The van der Waals surface area contributed by atoms with Crippen LogP contribution in [0.2, 0.25) is 0 Å². The summed E-state index contributed by atoms with van der Waals surface area (Å²) in [7, 11) is 0. The Hall–Kier alpha value is -2.62. The van der Waals surface area contributed by atoms with Crippen molar-refractivity contribution in [2.45, 2.75) is 40.0 Å². The zero-order valence-electron chi connectivity index (χ0n) is 15.4. The van der Waals surface area contributed by atoms with Gasteiger partial charge >= 0.3 is 0 Å². The van der Waals surface area contributed by atoms with Gasteiger partial charge < -0.3 is 10.2 Å². The van der Waals surface area contributed by atoms with E-state index in [0.717, 1.165) is 33.6 Å². The zero-order valence-corrected chi connectivity index (χ0v) is 15.4. The topological polar surface area (TPSA) is 49.4 Å². The SMILES string of the molecule is Cc1ccc2c(c1)C(C)(C)C(=O)N2CC(=O)Nc1c(C)cccc1C. The second-order valence-corrected chi connectivity index (χ2v) is 7.35. The monoisotopic (exact) mass is 336 g/mol. The summed E-state index contributed by atoms with van der Waals surface area (Å²) in [6.45, 7) is 9.78. The van der Waals surface area contributed by atoms with Crippen LogP contribution in [0.15, 0.2) is 36.4 Å². The molecule has 0 aliphatic carbocycles. The second-order valence-electron chi connectivity index (χ2n) is 7.35. The van der Waals surface area contributed by atoms with Gasteiger partial charge in [0.05, 0.1) is 5.41 Å². The van der Waals surface area contributed by atoms with Crippen LogP contribution in [0, 0.1) is 20.8 Å². The first-order valence-corrected chi connectivity index (χ1v) is 8.51. The summed E-state index contributed by atoms with van der Waals surface area (Å²) < 4.78 is 0. The Bertz CT molecular complexity index is 848. The highest BCUT2D eigenvalue weighted by Gasteiger charge is 2.44. The summed E-state index contributed by atoms with van der Waals surface area (Å²) in [5.74, 6) is -0.222. The van der Waals surface area contributed by atoms with Gasteiger partial charge in [0.15, 0.2) is 0 Å². The average Bonchev–Trinajstić information content (AvgIpc) is 2.72. The number of rotatable bonds is 3. The predicted octanol–water partition coefficient (Wildman–Crippen LogP) is 3.87. The van der Waals surface area contributed by atoms with Crippen LogP contribution in [0.3, 0.4) is 0 Å². The number of hydrogen-bond acceptors (Lipinski definition) is 2. The van der Waals surface area contributed by atoms with Crippen molar-refractivity contribution >= 4 is 23.2 Å². The van der Waals surface area contributed by atoms with Crippen molar-refractivity contribution in [1.82, 2.24) is 0 Å². The minimum absolute atomic E-state index is 0.0199. The first kappa shape index (κ1) is 17.2. The third-order valence-corrected chi connectivity index (χ3v) is 4.94. The number of fused-ring (bicyclic) bond motifs is 1. The van der Waals surface area contributed by atoms with Crippen molar-refractivity contribution in [2.24, 2.45) is 0 Å². The Kier molecular flexibility index (Phi) is 4.15. The van der Waals surface area contributed by atoms with Gasteiger partial charge in [-0.2, -0.15) is 0 Å². The molecule has 130 valence electrons. The highest BCUT2D eigenvalue weighted by atomic mass is 16.2. The van der Waals surface area contributed by atoms with Gasteiger partial charge in [-0.3, -0.25) is 9.59 Å². The fourth-order valence-electron chi connectivity index (χ4n) is 3.44. The third-order valence-electron chi connectivity index (χ3n) is 4.94. The van der Waals surface area contributed by atoms with E-state index in [1.165, 1.54) is 0 Å². The molecule has 25 heavy (non-hydrogen) atoms. The molecule has 0 atom stereocenters. The first-order valence-electron chi connectivity index (χ1n) is 8.51. The maximum Gasteiger partial charge on any atom is 0.244 e. The molecule has 0 radical (unpaired) electrons. The fourth-order valence-corrected chi connectivity index (χ4v) is 3.44. The molecule has 0 fully saturated rings. The van der Waals surface area contributed by atoms with E-state index in [1.807, 2.05) is 71.0 Å². The van der Waals surface area contributed by atoms with E-state index in [-0.39, 0.29) is 18.4 Å². The molecule has 4 nitrogen and oxygen atoms in total. The molecule has 2 aromatic rings. The van der Waals surface area contributed by atoms with Crippen molar-refractivity contribution in [3.05, 3.63) is 58.7 Å². The molecule has 1 N–H and O–H groups in total. The maximum atomic E-state index is 12.9. The number of carbonyl (C=O) groups is 2. The molecule has 0 bridgehead atoms. The van der Waals surface area contributed by atoms with Crippen molar-refractivity contribution in [2.75, 3.05) is 16.8 Å². The van der Waals surface area contributed by atoms with Gasteiger partial charge in [-0.15, -0.1) is 0 Å². The lowest BCUT2D eigenvalue weighted by Crippen LogP contribution is -2.40. The molecule has 0 saturated heterocycles. The highest BCUT2D eigenvalue weighted by molar-refractivity contribution is 6.11. The number of benzene rings is 2. The van der Waals surface area contributed by atoms with Gasteiger partial charge in [0.25, 0.3) is 0 Å². The molecule has 0 aromatic heterocycles. The van der Waals surface area contributed by atoms with E-state index >= 15 is 0 Å². The summed E-state index contributed by atoms with van der Waals surface area (Å²) in [6, 6.07) is 11.8. The number of amides is 2. The molecule has 1 heterocycles. The highest BCUT2D eigenvalue weighted by Crippen LogP contribution is 2.41. The summed E-state index contributed by atoms with van der Waals surface area (Å²) in [6.07, 6.45) is 0. The standard InChI is InChI=1S/C21H24N2O2/c1-13-9-10-17-16(11-13)21(4,5)20(25)23(17)12-18(24)22-19-14(2)7-6-8-15(19)3/h6-11H,12H2,1-5H3,(H,22,24). The fraction of sp³-hybridized carbons (Fsp3) is 0.333. The summed E-state index contributed by atoms with van der Waals surface area (Å²) in [4.78, 5) is 27.1. The quantitative estimate of drug-likeness (QED) is 0.925. The maximum absolute atomic E-state index is 12.9. The smallest absolute Gasteiger partial charge is 0.244 e. The molecule has 3 rings (SSSR count). The molecule has 2 amide bonds. The van der Waals surface area contributed by atoms with Crippen molar-refractivity contribution in [1.29, 1.82) is 0 Å². The molecule has 0 spiro atoms. The van der Waals surface area contributed by atoms with Gasteiger partial charge in [-0.05, 0) is 57.4 Å². The molecule has 0 unspecified atom stereocenters. The number of carbonyl (C=O) groups excluding carboxylic acids is 2. The lowest BCUT2D eigenvalue weighted by Gasteiger charge is -2.20. The predicted molar refractivity (Wildman–Crippen MR) is 101 cm³/mol. The van der Waals surface area contributed by atoms with Crippen molar-refractivity contribution in [3.63, 3.8) is 0 Å². The van der Waals surface area contributed by atoms with E-state index in [2.05, 4.69) is 5.32 Å². The minimum atomic E-state index is -0.611. The van der Waals surface area contributed by atoms with Gasteiger partial charge in [0.2, 0.25) is 11.8 Å². The average molecular weight is 336 g/mol. The van der Waals surface area contributed by atoms with E-state index < -0.39 is 5.41 Å². The van der Waals surface area contributed by atoms with Crippen molar-refractivity contribution in [3.8, 4) is 0 Å². The van der Waals surface area contributed by atoms with Crippen LogP contribution in [0.25, 0.3) is 0 Å². The lowest BCUT2D eigenvalue weighted by atomic mass is 9.85. The molecule has 0 saturated carbocycles. The van der Waals surface area contributed by atoms with Gasteiger partial charge in [-0.1, -0.05) is 35.9 Å². The zero-order chi connectivity index (χ0) is 18.4. The van der Waals surface area contributed by atoms with Crippen LogP contribution in [0.4, 0.5) is 11.4 Å². The van der Waals surface area contributed by atoms with Crippen LogP contribution in [0.1, 0.15) is 36.1 Å². The lowest BCUT2D eigenvalue weighted by molar-refractivity contribution is -0.124. The van der Waals surface area contributed by atoms with E-state index in [1.54, 1.807) is 4.90 Å². The molecule has 2 aromatic carbocycles. The van der Waals surface area contributed by atoms with E-state index in [0.29, 0.717) is 0 Å². The minimum Gasteiger partial charge on any atom is -0.324 e. The number of nitrogens with one attached hydrogen (secondary N) is 1. The van der Waals surface area contributed by atoms with E-state index in [9.17, 15) is 9.59 Å². The molecular weight excluding hydrogens is 312 g/mol. The molecule has 1 aliphatic rings. The second kappa shape index (κ2) is 6.03. The summed E-state index contributed by atoms with van der Waals surface area (Å²) in [5.41, 5.74) is 5.16. The Morgan fingerprint density at radius 3 is 2.36 bits per heavy atom.